The van der Waals surface area contributed by atoms with Gasteiger partial charge in [0.15, 0.2) is 5.82 Å². The summed E-state index contributed by atoms with van der Waals surface area (Å²) in [5.74, 6) is 1.13. The fourth-order valence-corrected chi connectivity index (χ4v) is 3.99. The van der Waals surface area contributed by atoms with Gasteiger partial charge in [-0.15, -0.1) is 0 Å². The average Bonchev–Trinajstić information content (AvgIpc) is 3.04. The molecule has 24 heavy (non-hydrogen) atoms. The molecular formula is C16H20N4O3S. The Balaban J connectivity index is 1.70. The molecule has 0 aliphatic carbocycles. The van der Waals surface area contributed by atoms with Gasteiger partial charge in [-0.1, -0.05) is 18.2 Å². The monoisotopic (exact) mass is 348 g/mol. The van der Waals surface area contributed by atoms with Gasteiger partial charge in [0.1, 0.15) is 0 Å². The maximum absolute atomic E-state index is 12.4. The van der Waals surface area contributed by atoms with Gasteiger partial charge in [0.25, 0.3) is 5.88 Å². The molecule has 1 N–H and O–H groups in total. The molecule has 0 amide bonds. The van der Waals surface area contributed by atoms with Crippen LogP contribution in [-0.2, 0) is 10.0 Å². The van der Waals surface area contributed by atoms with E-state index in [4.69, 9.17) is 4.74 Å². The third-order valence-corrected chi connectivity index (χ3v) is 5.33. The summed E-state index contributed by atoms with van der Waals surface area (Å²) in [7, 11) is -3.51. The van der Waals surface area contributed by atoms with E-state index in [1.54, 1.807) is 42.7 Å². The lowest BCUT2D eigenvalue weighted by atomic mass is 10.3. The number of nitrogens with one attached hydrogen (secondary N) is 1. The Hall–Kier alpha value is -2.19. The van der Waals surface area contributed by atoms with E-state index < -0.39 is 10.0 Å². The van der Waals surface area contributed by atoms with Gasteiger partial charge >= 0.3 is 0 Å². The SMILES string of the molecule is CCOc1nccnc1N1CC[C@H](NS(=O)(=O)c2ccccc2)C1. The van der Waals surface area contributed by atoms with E-state index in [0.717, 1.165) is 0 Å². The van der Waals surface area contributed by atoms with E-state index in [9.17, 15) is 8.42 Å². The molecule has 2 heterocycles. The molecule has 0 unspecified atom stereocenters. The normalized spacial score (nSPS) is 17.9. The van der Waals surface area contributed by atoms with Crippen LogP contribution in [0.1, 0.15) is 13.3 Å². The number of sulfonamides is 1. The molecule has 2 aromatic rings. The molecule has 3 rings (SSSR count). The number of hydrogen-bond donors (Lipinski definition) is 1. The van der Waals surface area contributed by atoms with Crippen molar-refractivity contribution in [2.45, 2.75) is 24.3 Å². The Bertz CT molecular complexity index is 783. The number of ether oxygens (including phenoxy) is 1. The molecule has 1 fully saturated rings. The molecule has 1 aromatic heterocycles. The van der Waals surface area contributed by atoms with Crippen molar-refractivity contribution in [3.63, 3.8) is 0 Å². The summed E-state index contributed by atoms with van der Waals surface area (Å²) in [4.78, 5) is 10.8. The lowest BCUT2D eigenvalue weighted by Gasteiger charge is -2.19. The van der Waals surface area contributed by atoms with Crippen molar-refractivity contribution in [3.05, 3.63) is 42.7 Å². The second kappa shape index (κ2) is 7.14. The van der Waals surface area contributed by atoms with E-state index in [1.165, 1.54) is 0 Å². The van der Waals surface area contributed by atoms with Gasteiger partial charge in [0.05, 0.1) is 11.5 Å². The van der Waals surface area contributed by atoms with Crippen LogP contribution >= 0.6 is 0 Å². The van der Waals surface area contributed by atoms with E-state index in [1.807, 2.05) is 11.8 Å². The fraction of sp³-hybridized carbons (Fsp3) is 0.375. The highest BCUT2D eigenvalue weighted by Crippen LogP contribution is 2.26. The van der Waals surface area contributed by atoms with Crippen LogP contribution in [0.5, 0.6) is 5.88 Å². The zero-order valence-electron chi connectivity index (χ0n) is 13.4. The molecule has 128 valence electrons. The molecule has 1 atom stereocenters. The third kappa shape index (κ3) is 3.65. The summed E-state index contributed by atoms with van der Waals surface area (Å²) in [5.41, 5.74) is 0. The molecule has 0 saturated carbocycles. The zero-order valence-corrected chi connectivity index (χ0v) is 14.2. The quantitative estimate of drug-likeness (QED) is 0.850. The van der Waals surface area contributed by atoms with Gasteiger partial charge in [0.2, 0.25) is 10.0 Å². The minimum Gasteiger partial charge on any atom is -0.475 e. The minimum atomic E-state index is -3.51. The predicted octanol–water partition coefficient (Wildman–Crippen LogP) is 1.43. The van der Waals surface area contributed by atoms with E-state index >= 15 is 0 Å². The van der Waals surface area contributed by atoms with E-state index in [2.05, 4.69) is 14.7 Å². The average molecular weight is 348 g/mol. The van der Waals surface area contributed by atoms with Gasteiger partial charge in [-0.3, -0.25) is 0 Å². The van der Waals surface area contributed by atoms with Crippen molar-refractivity contribution in [3.8, 4) is 5.88 Å². The predicted molar refractivity (Wildman–Crippen MR) is 90.6 cm³/mol. The molecule has 0 spiro atoms. The van der Waals surface area contributed by atoms with Crippen LogP contribution < -0.4 is 14.4 Å². The molecule has 8 heteroatoms. The highest BCUT2D eigenvalue weighted by Gasteiger charge is 2.29. The van der Waals surface area contributed by atoms with E-state index in [0.29, 0.717) is 37.8 Å². The second-order valence-corrected chi connectivity index (χ2v) is 7.20. The first-order valence-electron chi connectivity index (χ1n) is 7.86. The lowest BCUT2D eigenvalue weighted by molar-refractivity contribution is 0.326. The lowest BCUT2D eigenvalue weighted by Crippen LogP contribution is -2.37. The van der Waals surface area contributed by atoms with Crippen molar-refractivity contribution in [2.75, 3.05) is 24.6 Å². The summed E-state index contributed by atoms with van der Waals surface area (Å²) in [5, 5.41) is 0. The first kappa shape index (κ1) is 16.7. The Morgan fingerprint density at radius 1 is 1.25 bits per heavy atom. The first-order valence-corrected chi connectivity index (χ1v) is 9.34. The standard InChI is InChI=1S/C16H20N4O3S/c1-2-23-16-15(17-9-10-18-16)20-11-8-13(12-20)19-24(21,22)14-6-4-3-5-7-14/h3-7,9-10,13,19H,2,8,11-12H2,1H3/t13-/m0/s1. The maximum atomic E-state index is 12.4. The Labute approximate surface area is 141 Å². The molecule has 0 bridgehead atoms. The van der Waals surface area contributed by atoms with Crippen LogP contribution in [0.15, 0.2) is 47.6 Å². The third-order valence-electron chi connectivity index (χ3n) is 3.79. The number of hydrogen-bond acceptors (Lipinski definition) is 6. The number of anilines is 1. The number of rotatable bonds is 6. The Morgan fingerprint density at radius 3 is 2.75 bits per heavy atom. The first-order chi connectivity index (χ1) is 11.6. The van der Waals surface area contributed by atoms with E-state index in [-0.39, 0.29) is 10.9 Å². The smallest absolute Gasteiger partial charge is 0.257 e. The zero-order chi connectivity index (χ0) is 17.0. The van der Waals surface area contributed by atoms with Crippen LogP contribution in [0.4, 0.5) is 5.82 Å². The highest BCUT2D eigenvalue weighted by molar-refractivity contribution is 7.89. The highest BCUT2D eigenvalue weighted by atomic mass is 32.2. The number of benzene rings is 1. The largest absolute Gasteiger partial charge is 0.475 e. The van der Waals surface area contributed by atoms with Gasteiger partial charge in [-0.25, -0.2) is 23.1 Å². The van der Waals surface area contributed by atoms with Gasteiger partial charge in [-0.2, -0.15) is 0 Å². The number of aromatic nitrogens is 2. The summed E-state index contributed by atoms with van der Waals surface area (Å²) in [6.45, 7) is 3.62. The molecule has 0 radical (unpaired) electrons. The minimum absolute atomic E-state index is 0.174. The molecular weight excluding hydrogens is 328 g/mol. The summed E-state index contributed by atoms with van der Waals surface area (Å²) in [6.07, 6.45) is 3.90. The second-order valence-electron chi connectivity index (χ2n) is 5.48. The van der Waals surface area contributed by atoms with Gasteiger partial charge < -0.3 is 9.64 Å². The van der Waals surface area contributed by atoms with Gasteiger partial charge in [0, 0.05) is 31.5 Å². The molecule has 1 aromatic carbocycles. The van der Waals surface area contributed by atoms with Crippen molar-refractivity contribution < 1.29 is 13.2 Å². The van der Waals surface area contributed by atoms with Crippen LogP contribution in [0.2, 0.25) is 0 Å². The van der Waals surface area contributed by atoms with Crippen molar-refractivity contribution >= 4 is 15.8 Å². The topological polar surface area (TPSA) is 84.4 Å². The molecule has 7 nitrogen and oxygen atoms in total. The van der Waals surface area contributed by atoms with Gasteiger partial charge in [-0.05, 0) is 25.5 Å². The van der Waals surface area contributed by atoms with Crippen LogP contribution in [0, 0.1) is 0 Å². The molecule has 1 saturated heterocycles. The van der Waals surface area contributed by atoms with Crippen molar-refractivity contribution in [1.82, 2.24) is 14.7 Å². The summed E-state index contributed by atoms with van der Waals surface area (Å²) >= 11 is 0. The van der Waals surface area contributed by atoms with Crippen molar-refractivity contribution in [2.24, 2.45) is 0 Å². The molecule has 1 aliphatic heterocycles. The Morgan fingerprint density at radius 2 is 2.00 bits per heavy atom. The fourth-order valence-electron chi connectivity index (χ4n) is 2.71. The number of nitrogens with zero attached hydrogens (tertiary/aromatic N) is 3. The Kier molecular flexibility index (Phi) is 4.96. The van der Waals surface area contributed by atoms with Crippen LogP contribution in [0.25, 0.3) is 0 Å². The van der Waals surface area contributed by atoms with Crippen molar-refractivity contribution in [1.29, 1.82) is 0 Å². The van der Waals surface area contributed by atoms with Crippen LogP contribution in [0.3, 0.4) is 0 Å². The van der Waals surface area contributed by atoms with Crippen LogP contribution in [-0.4, -0.2) is 44.1 Å². The summed E-state index contributed by atoms with van der Waals surface area (Å²) < 4.78 is 33.1. The molecule has 1 aliphatic rings. The summed E-state index contributed by atoms with van der Waals surface area (Å²) in [6, 6.07) is 8.22. The maximum Gasteiger partial charge on any atom is 0.257 e.